The number of piperazine rings is 1. The lowest BCUT2D eigenvalue weighted by Gasteiger charge is -2.39. The predicted molar refractivity (Wildman–Crippen MR) is 67.4 cm³/mol. The summed E-state index contributed by atoms with van der Waals surface area (Å²) in [6, 6.07) is 0.194. The number of likely N-dealkylation sites (tertiary alicyclic amines) is 1. The van der Waals surface area contributed by atoms with Crippen LogP contribution >= 0.6 is 0 Å². The van der Waals surface area contributed by atoms with Crippen LogP contribution in [0.25, 0.3) is 0 Å². The highest BCUT2D eigenvalue weighted by molar-refractivity contribution is 7.88. The Morgan fingerprint density at radius 3 is 2.22 bits per heavy atom. The van der Waals surface area contributed by atoms with Crippen molar-refractivity contribution in [3.05, 3.63) is 0 Å². The fourth-order valence-electron chi connectivity index (χ4n) is 2.30. The lowest BCUT2D eigenvalue weighted by molar-refractivity contribution is -0.134. The van der Waals surface area contributed by atoms with Crippen molar-refractivity contribution in [3.63, 3.8) is 0 Å². The molecule has 7 nitrogen and oxygen atoms in total. The van der Waals surface area contributed by atoms with E-state index in [4.69, 9.17) is 5.73 Å². The predicted octanol–water partition coefficient (Wildman–Crippen LogP) is -2.27. The number of hydrogen-bond acceptors (Lipinski definition) is 5. The average molecular weight is 276 g/mol. The first kappa shape index (κ1) is 13.7. The van der Waals surface area contributed by atoms with Gasteiger partial charge in [-0.25, -0.2) is 8.42 Å². The third-order valence-electron chi connectivity index (χ3n) is 3.40. The van der Waals surface area contributed by atoms with Gasteiger partial charge in [-0.15, -0.1) is 0 Å². The molecule has 2 aliphatic heterocycles. The number of carbonyl (C=O) groups excluding carboxylic acids is 1. The number of nitrogens with zero attached hydrogens (tertiary/aromatic N) is 3. The lowest BCUT2D eigenvalue weighted by atomic mass is 10.1. The van der Waals surface area contributed by atoms with Gasteiger partial charge in [0.05, 0.1) is 12.8 Å². The molecule has 0 saturated carbocycles. The van der Waals surface area contributed by atoms with Crippen LogP contribution < -0.4 is 5.73 Å². The van der Waals surface area contributed by atoms with E-state index >= 15 is 0 Å². The summed E-state index contributed by atoms with van der Waals surface area (Å²) in [6.07, 6.45) is 1.20. The lowest BCUT2D eigenvalue weighted by Crippen LogP contribution is -2.59. The van der Waals surface area contributed by atoms with Gasteiger partial charge in [0.25, 0.3) is 0 Å². The van der Waals surface area contributed by atoms with Crippen molar-refractivity contribution >= 4 is 15.9 Å². The van der Waals surface area contributed by atoms with Gasteiger partial charge in [0.15, 0.2) is 0 Å². The summed E-state index contributed by atoms with van der Waals surface area (Å²) < 4.78 is 24.1. The minimum Gasteiger partial charge on any atom is -0.339 e. The van der Waals surface area contributed by atoms with Gasteiger partial charge in [-0.3, -0.25) is 9.69 Å². The first-order chi connectivity index (χ1) is 8.36. The molecule has 0 unspecified atom stereocenters. The van der Waals surface area contributed by atoms with Crippen molar-refractivity contribution in [2.75, 3.05) is 52.1 Å². The smallest absolute Gasteiger partial charge is 0.236 e. The number of carbonyl (C=O) groups is 1. The van der Waals surface area contributed by atoms with Gasteiger partial charge in [-0.1, -0.05) is 0 Å². The van der Waals surface area contributed by atoms with Crippen molar-refractivity contribution in [1.82, 2.24) is 14.1 Å². The third kappa shape index (κ3) is 3.19. The van der Waals surface area contributed by atoms with Crippen molar-refractivity contribution in [1.29, 1.82) is 0 Å². The standard InChI is InChI=1S/C10H20N4O3S/c1-18(16,17)14-4-2-13(3-5-14)10(15)8-12-6-9(11)7-12/h9H,2-8,11H2,1H3. The van der Waals surface area contributed by atoms with Gasteiger partial charge in [-0.2, -0.15) is 4.31 Å². The maximum Gasteiger partial charge on any atom is 0.236 e. The second-order valence-electron chi connectivity index (χ2n) is 5.00. The SMILES string of the molecule is CS(=O)(=O)N1CCN(C(=O)CN2CC(N)C2)CC1. The fourth-order valence-corrected chi connectivity index (χ4v) is 3.13. The minimum absolute atomic E-state index is 0.0649. The molecule has 2 fully saturated rings. The molecule has 0 atom stereocenters. The van der Waals surface area contributed by atoms with Crippen LogP contribution in [0.2, 0.25) is 0 Å². The molecule has 0 aromatic heterocycles. The van der Waals surface area contributed by atoms with E-state index in [1.165, 1.54) is 10.6 Å². The van der Waals surface area contributed by atoms with E-state index in [2.05, 4.69) is 0 Å². The normalized spacial score (nSPS) is 24.0. The topological polar surface area (TPSA) is 87.0 Å². The van der Waals surface area contributed by atoms with Crippen molar-refractivity contribution in [2.24, 2.45) is 5.73 Å². The highest BCUT2D eigenvalue weighted by Gasteiger charge is 2.29. The van der Waals surface area contributed by atoms with Crippen molar-refractivity contribution in [3.8, 4) is 0 Å². The molecule has 2 N–H and O–H groups in total. The highest BCUT2D eigenvalue weighted by atomic mass is 32.2. The third-order valence-corrected chi connectivity index (χ3v) is 4.71. The van der Waals surface area contributed by atoms with Crippen LogP contribution in [-0.2, 0) is 14.8 Å². The summed E-state index contributed by atoms with van der Waals surface area (Å²) in [5, 5.41) is 0. The Balaban J connectivity index is 1.77. The number of sulfonamides is 1. The zero-order valence-electron chi connectivity index (χ0n) is 10.6. The zero-order valence-corrected chi connectivity index (χ0v) is 11.4. The molecule has 2 heterocycles. The van der Waals surface area contributed by atoms with Gasteiger partial charge in [-0.05, 0) is 0 Å². The van der Waals surface area contributed by atoms with Gasteiger partial charge in [0.1, 0.15) is 0 Å². The molecule has 0 aliphatic carbocycles. The summed E-state index contributed by atoms with van der Waals surface area (Å²) >= 11 is 0. The number of hydrogen-bond donors (Lipinski definition) is 1. The van der Waals surface area contributed by atoms with E-state index in [-0.39, 0.29) is 11.9 Å². The zero-order chi connectivity index (χ0) is 13.3. The minimum atomic E-state index is -3.13. The molecule has 0 bridgehead atoms. The Morgan fingerprint density at radius 1 is 1.22 bits per heavy atom. The summed E-state index contributed by atoms with van der Waals surface area (Å²) in [5.74, 6) is 0.0649. The van der Waals surface area contributed by atoms with Crippen LogP contribution in [0.4, 0.5) is 0 Å². The van der Waals surface area contributed by atoms with Crippen LogP contribution in [-0.4, -0.2) is 86.5 Å². The largest absolute Gasteiger partial charge is 0.339 e. The van der Waals surface area contributed by atoms with Crippen molar-refractivity contribution < 1.29 is 13.2 Å². The number of rotatable bonds is 3. The van der Waals surface area contributed by atoms with Crippen LogP contribution in [0.3, 0.4) is 0 Å². The molecule has 0 spiro atoms. The van der Waals surface area contributed by atoms with Crippen LogP contribution in [0.15, 0.2) is 0 Å². The van der Waals surface area contributed by atoms with Crippen LogP contribution in [0.1, 0.15) is 0 Å². The summed E-state index contributed by atoms with van der Waals surface area (Å²) in [5.41, 5.74) is 5.65. The van der Waals surface area contributed by atoms with Crippen LogP contribution in [0.5, 0.6) is 0 Å². The number of amides is 1. The van der Waals surface area contributed by atoms with E-state index in [0.29, 0.717) is 32.7 Å². The first-order valence-electron chi connectivity index (χ1n) is 6.07. The van der Waals surface area contributed by atoms with Crippen LogP contribution in [0, 0.1) is 0 Å². The fraction of sp³-hybridized carbons (Fsp3) is 0.900. The second kappa shape index (κ2) is 5.12. The summed E-state index contributed by atoms with van der Waals surface area (Å²) in [4.78, 5) is 15.7. The highest BCUT2D eigenvalue weighted by Crippen LogP contribution is 2.09. The molecule has 104 valence electrons. The first-order valence-corrected chi connectivity index (χ1v) is 7.92. The molecule has 0 aromatic rings. The Kier molecular flexibility index (Phi) is 3.90. The molecular formula is C10H20N4O3S. The van der Waals surface area contributed by atoms with Gasteiger partial charge < -0.3 is 10.6 Å². The van der Waals surface area contributed by atoms with E-state index in [1.54, 1.807) is 4.90 Å². The Labute approximate surface area is 108 Å². The molecular weight excluding hydrogens is 256 g/mol. The van der Waals surface area contributed by atoms with E-state index in [1.807, 2.05) is 4.90 Å². The molecule has 2 saturated heterocycles. The molecule has 1 amide bonds. The maximum atomic E-state index is 11.9. The summed E-state index contributed by atoms with van der Waals surface area (Å²) in [6.45, 7) is 3.68. The monoisotopic (exact) mass is 276 g/mol. The van der Waals surface area contributed by atoms with Gasteiger partial charge in [0, 0.05) is 45.3 Å². The van der Waals surface area contributed by atoms with E-state index in [9.17, 15) is 13.2 Å². The maximum absolute atomic E-state index is 11.9. The molecule has 0 radical (unpaired) electrons. The Hall–Kier alpha value is -0.700. The Bertz CT molecular complexity index is 411. The second-order valence-corrected chi connectivity index (χ2v) is 6.98. The van der Waals surface area contributed by atoms with Gasteiger partial charge in [0.2, 0.25) is 15.9 Å². The van der Waals surface area contributed by atoms with Crippen molar-refractivity contribution in [2.45, 2.75) is 6.04 Å². The van der Waals surface area contributed by atoms with Gasteiger partial charge >= 0.3 is 0 Å². The van der Waals surface area contributed by atoms with E-state index in [0.717, 1.165) is 13.1 Å². The summed E-state index contributed by atoms with van der Waals surface area (Å²) in [7, 11) is -3.13. The average Bonchev–Trinajstić information content (AvgIpc) is 2.26. The molecule has 18 heavy (non-hydrogen) atoms. The quantitative estimate of drug-likeness (QED) is 0.628. The molecule has 2 rings (SSSR count). The Morgan fingerprint density at radius 2 is 1.78 bits per heavy atom. The molecule has 8 heteroatoms. The molecule has 2 aliphatic rings. The molecule has 0 aromatic carbocycles. The number of nitrogens with two attached hydrogens (primary N) is 1. The van der Waals surface area contributed by atoms with E-state index < -0.39 is 10.0 Å².